The van der Waals surface area contributed by atoms with Gasteiger partial charge in [-0.3, -0.25) is 0 Å². The van der Waals surface area contributed by atoms with E-state index >= 15 is 0 Å². The van der Waals surface area contributed by atoms with Gasteiger partial charge in [-0.2, -0.15) is 5.26 Å². The highest BCUT2D eigenvalue weighted by Gasteiger charge is 2.14. The molecule has 0 unspecified atom stereocenters. The predicted molar refractivity (Wildman–Crippen MR) is 46.9 cm³/mol. The first-order valence-electron chi connectivity index (χ1n) is 3.56. The van der Waals surface area contributed by atoms with E-state index in [4.69, 9.17) is 15.8 Å². The molecule has 0 rings (SSSR count). The van der Waals surface area contributed by atoms with Gasteiger partial charge in [0.2, 0.25) is 0 Å². The maximum Gasteiger partial charge on any atom is 0.148 e. The summed E-state index contributed by atoms with van der Waals surface area (Å²) < 4.78 is 0. The average Bonchev–Trinajstić information content (AvgIpc) is 2.00. The average molecular weight is 167 g/mol. The van der Waals surface area contributed by atoms with Crippen LogP contribution in [0.2, 0.25) is 0 Å². The third-order valence-corrected chi connectivity index (χ3v) is 1.28. The van der Waals surface area contributed by atoms with E-state index in [2.05, 4.69) is 5.32 Å². The number of hydrogen-bond donors (Lipinski definition) is 3. The second-order valence-electron chi connectivity index (χ2n) is 3.08. The van der Waals surface area contributed by atoms with Gasteiger partial charge in [-0.25, -0.2) is 0 Å². The summed E-state index contributed by atoms with van der Waals surface area (Å²) in [5.41, 5.74) is -0.369. The quantitative estimate of drug-likeness (QED) is 0.436. The lowest BCUT2D eigenvalue weighted by Gasteiger charge is -2.21. The maximum atomic E-state index is 8.86. The Kier molecular flexibility index (Phi) is 3.84. The minimum atomic E-state index is -0.369. The molecule has 0 aromatic rings. The number of nitrogens with zero attached hydrogens (tertiary/aromatic N) is 1. The Hall–Kier alpha value is -1.50. The van der Waals surface area contributed by atoms with Crippen molar-refractivity contribution in [2.24, 2.45) is 0 Å². The number of rotatable bonds is 4. The van der Waals surface area contributed by atoms with E-state index in [1.165, 1.54) is 6.20 Å². The van der Waals surface area contributed by atoms with Crippen LogP contribution in [-0.4, -0.2) is 16.9 Å². The molecule has 0 saturated carbocycles. The van der Waals surface area contributed by atoms with Gasteiger partial charge in [0, 0.05) is 11.7 Å². The molecule has 66 valence electrons. The predicted octanol–water partition coefficient (Wildman–Crippen LogP) is 1.32. The zero-order valence-electron chi connectivity index (χ0n) is 7.26. The fourth-order valence-electron chi connectivity index (χ4n) is 0.560. The molecule has 4 heteroatoms. The molecule has 0 aliphatic heterocycles. The summed E-state index contributed by atoms with van der Waals surface area (Å²) in [5.74, 6) is -0.152. The molecule has 0 spiro atoms. The molecule has 0 aromatic carbocycles. The lowest BCUT2D eigenvalue weighted by Crippen LogP contribution is -2.35. The monoisotopic (exact) mass is 167 g/mol. The summed E-state index contributed by atoms with van der Waals surface area (Å²) in [6, 6.07) is 2.02. The van der Waals surface area contributed by atoms with E-state index in [0.29, 0.717) is 6.42 Å². The van der Waals surface area contributed by atoms with Gasteiger partial charge in [-0.1, -0.05) is 0 Å². The van der Waals surface area contributed by atoms with Crippen molar-refractivity contribution in [2.45, 2.75) is 25.8 Å². The summed E-state index contributed by atoms with van der Waals surface area (Å²) in [5, 5.41) is 26.8. The van der Waals surface area contributed by atoms with Crippen molar-refractivity contribution in [1.82, 2.24) is 5.32 Å². The van der Waals surface area contributed by atoms with Crippen LogP contribution in [-0.2, 0) is 0 Å². The summed E-state index contributed by atoms with van der Waals surface area (Å²) >= 11 is 0. The third kappa shape index (κ3) is 4.34. The van der Waals surface area contributed by atoms with Crippen molar-refractivity contribution in [3.05, 3.63) is 12.0 Å². The number of nitrogens with one attached hydrogen (secondary N) is 2. The van der Waals surface area contributed by atoms with E-state index in [0.717, 1.165) is 6.21 Å². The Balaban J connectivity index is 4.08. The minimum absolute atomic E-state index is 0.152. The van der Waals surface area contributed by atoms with Crippen LogP contribution in [0.4, 0.5) is 0 Å². The highest BCUT2D eigenvalue weighted by atomic mass is 16.3. The van der Waals surface area contributed by atoms with Crippen molar-refractivity contribution in [2.75, 3.05) is 0 Å². The Morgan fingerprint density at radius 2 is 2.33 bits per heavy atom. The van der Waals surface area contributed by atoms with Crippen LogP contribution in [0, 0.1) is 16.7 Å². The van der Waals surface area contributed by atoms with E-state index in [9.17, 15) is 0 Å². The van der Waals surface area contributed by atoms with E-state index < -0.39 is 0 Å². The Labute approximate surface area is 72.0 Å². The van der Waals surface area contributed by atoms with E-state index in [1.807, 2.05) is 19.9 Å². The van der Waals surface area contributed by atoms with Crippen LogP contribution < -0.4 is 5.32 Å². The lowest BCUT2D eigenvalue weighted by atomic mass is 10.0. The number of aliphatic hydroxyl groups excluding tert-OH is 1. The molecule has 0 amide bonds. The minimum Gasteiger partial charge on any atom is -0.505 e. The second-order valence-corrected chi connectivity index (χ2v) is 3.08. The number of allylic oxidation sites excluding steroid dienone is 1. The van der Waals surface area contributed by atoms with Gasteiger partial charge in [0.25, 0.3) is 0 Å². The van der Waals surface area contributed by atoms with Crippen LogP contribution in [0.15, 0.2) is 12.0 Å². The zero-order valence-corrected chi connectivity index (χ0v) is 7.26. The molecule has 12 heavy (non-hydrogen) atoms. The van der Waals surface area contributed by atoms with Crippen LogP contribution in [0.5, 0.6) is 0 Å². The van der Waals surface area contributed by atoms with Gasteiger partial charge in [-0.05, 0) is 13.8 Å². The summed E-state index contributed by atoms with van der Waals surface area (Å²) in [6.45, 7) is 3.67. The smallest absolute Gasteiger partial charge is 0.148 e. The molecule has 0 saturated heterocycles. The summed E-state index contributed by atoms with van der Waals surface area (Å²) in [4.78, 5) is 0. The third-order valence-electron chi connectivity index (χ3n) is 1.28. The first-order chi connectivity index (χ1) is 5.52. The SMILES string of the molecule is CC(C)(CC#N)N/C=C(/O)C=N. The molecule has 3 N–H and O–H groups in total. The Morgan fingerprint density at radius 1 is 1.75 bits per heavy atom. The summed E-state index contributed by atoms with van der Waals surface area (Å²) in [6.07, 6.45) is 2.48. The fraction of sp³-hybridized carbons (Fsp3) is 0.500. The Bertz CT molecular complexity index is 225. The topological polar surface area (TPSA) is 79.9 Å². The second kappa shape index (κ2) is 4.39. The molecular formula is C8H13N3O. The normalized spacial score (nSPS) is 11.9. The first-order valence-corrected chi connectivity index (χ1v) is 3.56. The van der Waals surface area contributed by atoms with Crippen molar-refractivity contribution in [1.29, 1.82) is 10.7 Å². The van der Waals surface area contributed by atoms with E-state index in [-0.39, 0.29) is 11.3 Å². The van der Waals surface area contributed by atoms with Gasteiger partial charge >= 0.3 is 0 Å². The fourth-order valence-corrected chi connectivity index (χ4v) is 0.560. The molecule has 0 aliphatic carbocycles. The lowest BCUT2D eigenvalue weighted by molar-refractivity contribution is 0.413. The molecular weight excluding hydrogens is 154 g/mol. The number of hydrogen-bond acceptors (Lipinski definition) is 4. The van der Waals surface area contributed by atoms with Gasteiger partial charge in [-0.15, -0.1) is 0 Å². The van der Waals surface area contributed by atoms with Gasteiger partial charge in [0.1, 0.15) is 5.76 Å². The highest BCUT2D eigenvalue weighted by Crippen LogP contribution is 2.06. The molecule has 0 fully saturated rings. The maximum absolute atomic E-state index is 8.86. The standard InChI is InChI=1S/C8H13N3O/c1-8(2,3-4-9)11-6-7(12)5-10/h5-6,10-12H,3H2,1-2H3/b7-6+,10-5?. The molecule has 0 bridgehead atoms. The van der Waals surface area contributed by atoms with Gasteiger partial charge < -0.3 is 15.8 Å². The largest absolute Gasteiger partial charge is 0.505 e. The molecule has 0 atom stereocenters. The Morgan fingerprint density at radius 3 is 2.75 bits per heavy atom. The van der Waals surface area contributed by atoms with Crippen LogP contribution in [0.25, 0.3) is 0 Å². The van der Waals surface area contributed by atoms with Gasteiger partial charge in [0.05, 0.1) is 18.7 Å². The zero-order chi connectivity index (χ0) is 9.61. The van der Waals surface area contributed by atoms with Crippen LogP contribution in [0.3, 0.4) is 0 Å². The van der Waals surface area contributed by atoms with Gasteiger partial charge in [0.15, 0.2) is 0 Å². The molecule has 4 nitrogen and oxygen atoms in total. The van der Waals surface area contributed by atoms with Crippen LogP contribution in [0.1, 0.15) is 20.3 Å². The molecule has 0 aliphatic rings. The van der Waals surface area contributed by atoms with Crippen LogP contribution >= 0.6 is 0 Å². The molecule has 0 radical (unpaired) electrons. The highest BCUT2D eigenvalue weighted by molar-refractivity contribution is 5.71. The van der Waals surface area contributed by atoms with Crippen molar-refractivity contribution >= 4 is 6.21 Å². The van der Waals surface area contributed by atoms with E-state index in [1.54, 1.807) is 0 Å². The molecule has 0 aromatic heterocycles. The number of nitriles is 1. The van der Waals surface area contributed by atoms with Crippen molar-refractivity contribution in [3.8, 4) is 6.07 Å². The molecule has 0 heterocycles. The van der Waals surface area contributed by atoms with Crippen molar-refractivity contribution in [3.63, 3.8) is 0 Å². The first kappa shape index (κ1) is 10.5. The van der Waals surface area contributed by atoms with Crippen molar-refractivity contribution < 1.29 is 5.11 Å². The summed E-state index contributed by atoms with van der Waals surface area (Å²) in [7, 11) is 0. The number of aliphatic hydroxyl groups is 1.